The van der Waals surface area contributed by atoms with Gasteiger partial charge in [-0.1, -0.05) is 42.5 Å². The third-order valence-corrected chi connectivity index (χ3v) is 4.96. The van der Waals surface area contributed by atoms with E-state index in [-0.39, 0.29) is 6.42 Å². The molecular weight excluding hydrogens is 361 g/mol. The van der Waals surface area contributed by atoms with Crippen LogP contribution in [0.2, 0.25) is 0 Å². The van der Waals surface area contributed by atoms with Crippen LogP contribution in [-0.2, 0) is 26.0 Å². The molecule has 2 aromatic rings. The number of nitrogens with one attached hydrogen (secondary N) is 3. The van der Waals surface area contributed by atoms with Gasteiger partial charge < -0.3 is 0 Å². The van der Waals surface area contributed by atoms with Crippen molar-refractivity contribution in [3.05, 3.63) is 66.0 Å². The molecule has 26 heavy (non-hydrogen) atoms. The highest BCUT2D eigenvalue weighted by atomic mass is 32.2. The smallest absolute Gasteiger partial charge is 0.256 e. The minimum atomic E-state index is -4.22. The van der Waals surface area contributed by atoms with E-state index in [1.807, 2.05) is 6.07 Å². The molecule has 0 radical (unpaired) electrons. The fourth-order valence-electron chi connectivity index (χ4n) is 2.08. The van der Waals surface area contributed by atoms with Crippen LogP contribution in [0.25, 0.3) is 0 Å². The first-order chi connectivity index (χ1) is 12.3. The van der Waals surface area contributed by atoms with Gasteiger partial charge in [-0.2, -0.15) is 4.72 Å². The quantitative estimate of drug-likeness (QED) is 0.648. The van der Waals surface area contributed by atoms with Gasteiger partial charge in [0.1, 0.15) is 10.7 Å². The lowest BCUT2D eigenvalue weighted by atomic mass is 10.1. The zero-order valence-electron chi connectivity index (χ0n) is 13.9. The van der Waals surface area contributed by atoms with E-state index in [2.05, 4.69) is 15.6 Å². The predicted octanol–water partition coefficient (Wildman–Crippen LogP) is 0.883. The van der Waals surface area contributed by atoms with Crippen LogP contribution >= 0.6 is 0 Å². The van der Waals surface area contributed by atoms with Crippen molar-refractivity contribution in [3.8, 4) is 0 Å². The number of benzene rings is 2. The Hall–Kier alpha value is -2.78. The van der Waals surface area contributed by atoms with Crippen molar-refractivity contribution in [2.24, 2.45) is 0 Å². The van der Waals surface area contributed by atoms with Crippen LogP contribution in [0.5, 0.6) is 0 Å². The number of hydrazine groups is 1. The summed E-state index contributed by atoms with van der Waals surface area (Å²) in [6.45, 7) is 1.27. The Balaban J connectivity index is 1.89. The number of amides is 2. The Morgan fingerprint density at radius 1 is 1.00 bits per heavy atom. The third kappa shape index (κ3) is 5.36. The maximum atomic E-state index is 13.6. The number of sulfonamides is 1. The number of rotatable bonds is 6. The number of hydrogen-bond acceptors (Lipinski definition) is 4. The molecule has 0 aliphatic carbocycles. The van der Waals surface area contributed by atoms with Crippen molar-refractivity contribution in [3.63, 3.8) is 0 Å². The number of carbonyl (C=O) groups is 2. The molecule has 7 nitrogen and oxygen atoms in total. The average Bonchev–Trinajstić information content (AvgIpc) is 2.60. The van der Waals surface area contributed by atoms with E-state index in [0.29, 0.717) is 0 Å². The highest BCUT2D eigenvalue weighted by Gasteiger charge is 2.24. The summed E-state index contributed by atoms with van der Waals surface area (Å²) in [5.41, 5.74) is 5.09. The molecule has 0 saturated carbocycles. The van der Waals surface area contributed by atoms with E-state index in [0.717, 1.165) is 17.7 Å². The zero-order valence-corrected chi connectivity index (χ0v) is 14.7. The Kier molecular flexibility index (Phi) is 6.42. The van der Waals surface area contributed by atoms with Crippen molar-refractivity contribution in [1.82, 2.24) is 15.6 Å². The van der Waals surface area contributed by atoms with Crippen molar-refractivity contribution in [1.29, 1.82) is 0 Å². The molecule has 0 spiro atoms. The first-order valence-electron chi connectivity index (χ1n) is 7.69. The van der Waals surface area contributed by atoms with Crippen molar-refractivity contribution < 1.29 is 22.4 Å². The summed E-state index contributed by atoms with van der Waals surface area (Å²) in [4.78, 5) is 23.2. The van der Waals surface area contributed by atoms with Crippen LogP contribution < -0.4 is 15.6 Å². The summed E-state index contributed by atoms with van der Waals surface area (Å²) in [7, 11) is -4.22. The van der Waals surface area contributed by atoms with Gasteiger partial charge in [-0.25, -0.2) is 12.8 Å². The van der Waals surface area contributed by atoms with Gasteiger partial charge in [0.05, 0.1) is 12.5 Å². The molecule has 2 rings (SSSR count). The highest BCUT2D eigenvalue weighted by molar-refractivity contribution is 7.89. The fourth-order valence-corrected chi connectivity index (χ4v) is 3.36. The second kappa shape index (κ2) is 8.54. The Morgan fingerprint density at radius 3 is 2.27 bits per heavy atom. The Morgan fingerprint density at radius 2 is 1.62 bits per heavy atom. The molecule has 0 aliphatic heterocycles. The average molecular weight is 379 g/mol. The molecule has 0 saturated heterocycles. The van der Waals surface area contributed by atoms with Gasteiger partial charge in [0.2, 0.25) is 15.9 Å². The van der Waals surface area contributed by atoms with Gasteiger partial charge in [0, 0.05) is 0 Å². The molecule has 1 atom stereocenters. The van der Waals surface area contributed by atoms with Gasteiger partial charge in [-0.15, -0.1) is 0 Å². The van der Waals surface area contributed by atoms with Crippen LogP contribution in [0.1, 0.15) is 12.5 Å². The first kappa shape index (κ1) is 19.5. The van der Waals surface area contributed by atoms with Crippen molar-refractivity contribution in [2.75, 3.05) is 0 Å². The molecule has 0 heterocycles. The molecule has 3 N–H and O–H groups in total. The van der Waals surface area contributed by atoms with Crippen LogP contribution in [-0.4, -0.2) is 26.3 Å². The largest absolute Gasteiger partial charge is 0.273 e. The molecule has 1 unspecified atom stereocenters. The normalized spacial score (nSPS) is 12.2. The van der Waals surface area contributed by atoms with E-state index in [1.165, 1.54) is 19.1 Å². The minimum absolute atomic E-state index is 0.0520. The molecule has 138 valence electrons. The number of halogens is 1. The van der Waals surface area contributed by atoms with E-state index in [9.17, 15) is 22.4 Å². The Bertz CT molecular complexity index is 888. The van der Waals surface area contributed by atoms with Crippen molar-refractivity contribution in [2.45, 2.75) is 24.3 Å². The van der Waals surface area contributed by atoms with Crippen LogP contribution in [0, 0.1) is 5.82 Å². The maximum Gasteiger partial charge on any atom is 0.256 e. The molecule has 0 fully saturated rings. The van der Waals surface area contributed by atoms with Crippen LogP contribution in [0.15, 0.2) is 59.5 Å². The first-order valence-corrected chi connectivity index (χ1v) is 9.17. The van der Waals surface area contributed by atoms with Gasteiger partial charge in [0.15, 0.2) is 0 Å². The topological polar surface area (TPSA) is 104 Å². The van der Waals surface area contributed by atoms with E-state index in [4.69, 9.17) is 0 Å². The summed E-state index contributed by atoms with van der Waals surface area (Å²) in [6.07, 6.45) is 0.0520. The molecule has 2 aromatic carbocycles. The number of hydrogen-bond donors (Lipinski definition) is 3. The lowest BCUT2D eigenvalue weighted by molar-refractivity contribution is -0.129. The zero-order chi connectivity index (χ0) is 19.2. The SMILES string of the molecule is CC(NS(=O)(=O)c1ccccc1F)C(=O)NNC(=O)Cc1ccccc1. The summed E-state index contributed by atoms with van der Waals surface area (Å²) in [5, 5.41) is 0. The summed E-state index contributed by atoms with van der Waals surface area (Å²) >= 11 is 0. The monoisotopic (exact) mass is 379 g/mol. The van der Waals surface area contributed by atoms with Crippen LogP contribution in [0.4, 0.5) is 4.39 Å². The molecule has 0 bridgehead atoms. The van der Waals surface area contributed by atoms with E-state index < -0.39 is 38.6 Å². The van der Waals surface area contributed by atoms with Gasteiger partial charge >= 0.3 is 0 Å². The molecule has 2 amide bonds. The fraction of sp³-hybridized carbons (Fsp3) is 0.176. The summed E-state index contributed by atoms with van der Waals surface area (Å²) in [5.74, 6) is -2.18. The molecule has 0 aromatic heterocycles. The third-order valence-electron chi connectivity index (χ3n) is 3.38. The van der Waals surface area contributed by atoms with Gasteiger partial charge in [-0.3, -0.25) is 20.4 Å². The van der Waals surface area contributed by atoms with Gasteiger partial charge in [-0.05, 0) is 24.6 Å². The molecular formula is C17H18FN3O4S. The second-order valence-corrected chi connectivity index (χ2v) is 7.16. The summed E-state index contributed by atoms with van der Waals surface area (Å²) in [6, 6.07) is 12.5. The second-order valence-electron chi connectivity index (χ2n) is 5.47. The lowest BCUT2D eigenvalue weighted by Crippen LogP contribution is -2.51. The van der Waals surface area contributed by atoms with Crippen molar-refractivity contribution >= 4 is 21.8 Å². The molecule has 0 aliphatic rings. The summed E-state index contributed by atoms with van der Waals surface area (Å²) < 4.78 is 39.9. The highest BCUT2D eigenvalue weighted by Crippen LogP contribution is 2.13. The maximum absolute atomic E-state index is 13.6. The Labute approximate surface area is 150 Å². The standard InChI is InChI=1S/C17H18FN3O4S/c1-12(21-26(24,25)15-10-6-5-9-14(15)18)17(23)20-19-16(22)11-13-7-3-2-4-8-13/h2-10,12,21H,11H2,1H3,(H,19,22)(H,20,23). The molecule has 9 heteroatoms. The van der Waals surface area contributed by atoms with Crippen LogP contribution in [0.3, 0.4) is 0 Å². The van der Waals surface area contributed by atoms with E-state index >= 15 is 0 Å². The van der Waals surface area contributed by atoms with E-state index in [1.54, 1.807) is 24.3 Å². The lowest BCUT2D eigenvalue weighted by Gasteiger charge is -2.15. The minimum Gasteiger partial charge on any atom is -0.273 e. The number of carbonyl (C=O) groups excluding carboxylic acids is 2. The van der Waals surface area contributed by atoms with Gasteiger partial charge in [0.25, 0.3) is 5.91 Å². The predicted molar refractivity (Wildman–Crippen MR) is 92.6 cm³/mol.